The predicted octanol–water partition coefficient (Wildman–Crippen LogP) is 3.06. The predicted molar refractivity (Wildman–Crippen MR) is 123 cm³/mol. The lowest BCUT2D eigenvalue weighted by Gasteiger charge is -2.29. The van der Waals surface area contributed by atoms with Crippen molar-refractivity contribution in [2.45, 2.75) is 44.8 Å². The van der Waals surface area contributed by atoms with Crippen LogP contribution in [0.1, 0.15) is 43.5 Å². The number of pyridine rings is 1. The Balaban J connectivity index is 0.000000305. The average Bonchev–Trinajstić information content (AvgIpc) is 3.26. The molecule has 0 spiro atoms. The number of phenols is 1. The summed E-state index contributed by atoms with van der Waals surface area (Å²) in [4.78, 5) is 30.1. The third-order valence-electron chi connectivity index (χ3n) is 5.39. The lowest BCUT2D eigenvalue weighted by Crippen LogP contribution is -2.42. The average molecular weight is 457 g/mol. The highest BCUT2D eigenvalue weighted by molar-refractivity contribution is 7.99. The number of fused-ring (bicyclic) bond motifs is 1. The van der Waals surface area contributed by atoms with Crippen molar-refractivity contribution in [3.8, 4) is 11.8 Å². The number of nitriles is 1. The Kier molecular flexibility index (Phi) is 7.94. The highest BCUT2D eigenvalue weighted by atomic mass is 32.2. The maximum atomic E-state index is 12.4. The van der Waals surface area contributed by atoms with E-state index in [1.54, 1.807) is 6.07 Å². The number of hydrogen-bond donors (Lipinski definition) is 2. The Morgan fingerprint density at radius 1 is 1.38 bits per heavy atom. The van der Waals surface area contributed by atoms with Crippen molar-refractivity contribution in [1.29, 1.82) is 5.26 Å². The minimum Gasteiger partial charge on any atom is -0.508 e. The first-order valence-electron chi connectivity index (χ1n) is 10.6. The van der Waals surface area contributed by atoms with E-state index in [-0.39, 0.29) is 23.8 Å². The molecule has 2 N–H and O–H groups in total. The van der Waals surface area contributed by atoms with Gasteiger partial charge >= 0.3 is 0 Å². The molecule has 8 nitrogen and oxygen atoms in total. The molecule has 2 amide bonds. The van der Waals surface area contributed by atoms with Crippen LogP contribution in [0.4, 0.5) is 0 Å². The standard InChI is InChI=1S/C16H14N4O3S.C7H14O/c17-6-10-8-24-9-20(10)15(22)7-19-16(23)12-3-4-18-14-2-1-11(21)5-13(12)14;1-7(2)5-3-4-6-8-7/h1-5,10,21H,7-9H2,(H,19,23);3-6H2,1-2H3. The summed E-state index contributed by atoms with van der Waals surface area (Å²) in [6, 6.07) is 7.74. The van der Waals surface area contributed by atoms with Crippen molar-refractivity contribution in [1.82, 2.24) is 15.2 Å². The van der Waals surface area contributed by atoms with Crippen molar-refractivity contribution >= 4 is 34.5 Å². The van der Waals surface area contributed by atoms with Gasteiger partial charge in [-0.25, -0.2) is 0 Å². The second kappa shape index (κ2) is 10.7. The molecule has 32 heavy (non-hydrogen) atoms. The summed E-state index contributed by atoms with van der Waals surface area (Å²) in [5.74, 6) is 0.359. The number of amides is 2. The normalized spacial score (nSPS) is 19.5. The van der Waals surface area contributed by atoms with Crippen molar-refractivity contribution in [3.63, 3.8) is 0 Å². The number of rotatable bonds is 3. The molecular formula is C23H28N4O4S. The summed E-state index contributed by atoms with van der Waals surface area (Å²) < 4.78 is 5.47. The zero-order chi connectivity index (χ0) is 23.1. The van der Waals surface area contributed by atoms with E-state index in [1.165, 1.54) is 60.3 Å². The molecule has 2 fully saturated rings. The van der Waals surface area contributed by atoms with Gasteiger partial charge in [0, 0.05) is 23.9 Å². The smallest absolute Gasteiger partial charge is 0.252 e. The summed E-state index contributed by atoms with van der Waals surface area (Å²) in [5, 5.41) is 21.7. The first kappa shape index (κ1) is 23.8. The Morgan fingerprint density at radius 3 is 2.84 bits per heavy atom. The molecule has 2 saturated heterocycles. The molecule has 9 heteroatoms. The van der Waals surface area contributed by atoms with Crippen LogP contribution in [-0.2, 0) is 9.53 Å². The fourth-order valence-electron chi connectivity index (χ4n) is 3.55. The maximum absolute atomic E-state index is 12.4. The lowest BCUT2D eigenvalue weighted by atomic mass is 9.99. The van der Waals surface area contributed by atoms with Crippen molar-refractivity contribution in [2.75, 3.05) is 24.8 Å². The molecule has 4 rings (SSSR count). The molecule has 2 aliphatic rings. The van der Waals surface area contributed by atoms with Crippen LogP contribution in [0.2, 0.25) is 0 Å². The first-order valence-corrected chi connectivity index (χ1v) is 11.7. The topological polar surface area (TPSA) is 116 Å². The second-order valence-corrected chi connectivity index (χ2v) is 9.32. The van der Waals surface area contributed by atoms with E-state index in [4.69, 9.17) is 10.00 Å². The van der Waals surface area contributed by atoms with Crippen molar-refractivity contribution in [3.05, 3.63) is 36.0 Å². The summed E-state index contributed by atoms with van der Waals surface area (Å²) in [7, 11) is 0. The minimum absolute atomic E-state index is 0.0339. The second-order valence-electron chi connectivity index (χ2n) is 8.32. The number of nitrogens with zero attached hydrogens (tertiary/aromatic N) is 3. The molecule has 1 aromatic carbocycles. The van der Waals surface area contributed by atoms with E-state index in [0.717, 1.165) is 6.61 Å². The van der Waals surface area contributed by atoms with Gasteiger partial charge in [-0.15, -0.1) is 11.8 Å². The lowest BCUT2D eigenvalue weighted by molar-refractivity contribution is -0.129. The summed E-state index contributed by atoms with van der Waals surface area (Å²) in [5.41, 5.74) is 1.08. The van der Waals surface area contributed by atoms with Crippen LogP contribution in [0.3, 0.4) is 0 Å². The SMILES string of the molecule is CC1(C)CCCCO1.N#CC1CSCN1C(=O)CNC(=O)c1ccnc2ccc(O)cc12. The third kappa shape index (κ3) is 6.11. The fourth-order valence-corrected chi connectivity index (χ4v) is 4.66. The Labute approximate surface area is 191 Å². The molecule has 0 radical (unpaired) electrons. The molecule has 1 unspecified atom stereocenters. The van der Waals surface area contributed by atoms with Gasteiger partial charge in [0.25, 0.3) is 5.91 Å². The number of aromatic hydroxyl groups is 1. The summed E-state index contributed by atoms with van der Waals surface area (Å²) >= 11 is 1.51. The molecule has 3 heterocycles. The van der Waals surface area contributed by atoms with E-state index in [1.807, 2.05) is 0 Å². The number of carbonyl (C=O) groups is 2. The van der Waals surface area contributed by atoms with Gasteiger partial charge in [0.15, 0.2) is 0 Å². The van der Waals surface area contributed by atoms with Gasteiger partial charge < -0.3 is 20.1 Å². The zero-order valence-corrected chi connectivity index (χ0v) is 19.2. The van der Waals surface area contributed by atoms with Gasteiger partial charge in [-0.3, -0.25) is 14.6 Å². The number of ether oxygens (including phenoxy) is 1. The number of benzene rings is 1. The van der Waals surface area contributed by atoms with Gasteiger partial charge in [-0.1, -0.05) is 0 Å². The van der Waals surface area contributed by atoms with E-state index in [0.29, 0.717) is 28.1 Å². The summed E-state index contributed by atoms with van der Waals surface area (Å²) in [6.07, 6.45) is 5.32. The minimum atomic E-state index is -0.446. The van der Waals surface area contributed by atoms with Gasteiger partial charge in [0.1, 0.15) is 11.8 Å². The maximum Gasteiger partial charge on any atom is 0.252 e. The van der Waals surface area contributed by atoms with Crippen molar-refractivity contribution in [2.24, 2.45) is 0 Å². The van der Waals surface area contributed by atoms with Crippen LogP contribution in [-0.4, -0.2) is 63.2 Å². The van der Waals surface area contributed by atoms with Gasteiger partial charge in [0.05, 0.1) is 35.2 Å². The van der Waals surface area contributed by atoms with Crippen molar-refractivity contribution < 1.29 is 19.4 Å². The summed E-state index contributed by atoms with van der Waals surface area (Å²) in [6.45, 7) is 5.10. The quantitative estimate of drug-likeness (QED) is 0.729. The Hall–Kier alpha value is -2.83. The van der Waals surface area contributed by atoms with Crippen LogP contribution < -0.4 is 5.32 Å². The van der Waals surface area contributed by atoms with Gasteiger partial charge in [-0.05, 0) is 57.4 Å². The molecule has 1 aromatic heterocycles. The molecule has 0 saturated carbocycles. The van der Waals surface area contributed by atoms with Crippen LogP contribution >= 0.6 is 11.8 Å². The molecule has 2 aromatic rings. The largest absolute Gasteiger partial charge is 0.508 e. The zero-order valence-electron chi connectivity index (χ0n) is 18.3. The highest BCUT2D eigenvalue weighted by Crippen LogP contribution is 2.23. The van der Waals surface area contributed by atoms with Gasteiger partial charge in [-0.2, -0.15) is 5.26 Å². The number of phenolic OH excluding ortho intramolecular Hbond substituents is 1. The van der Waals surface area contributed by atoms with Gasteiger partial charge in [0.2, 0.25) is 5.91 Å². The van der Waals surface area contributed by atoms with E-state index < -0.39 is 11.9 Å². The molecule has 0 aliphatic carbocycles. The first-order chi connectivity index (χ1) is 15.3. The number of hydrogen-bond acceptors (Lipinski definition) is 7. The van der Waals surface area contributed by atoms with E-state index in [9.17, 15) is 14.7 Å². The number of thioether (sulfide) groups is 1. The van der Waals surface area contributed by atoms with E-state index >= 15 is 0 Å². The molecule has 0 bridgehead atoms. The number of aromatic nitrogens is 1. The van der Waals surface area contributed by atoms with Crippen LogP contribution in [0.15, 0.2) is 30.5 Å². The molecular weight excluding hydrogens is 428 g/mol. The molecule has 2 aliphatic heterocycles. The molecule has 170 valence electrons. The van der Waals surface area contributed by atoms with Crippen LogP contribution in [0.25, 0.3) is 10.9 Å². The number of carbonyl (C=O) groups excluding carboxylic acids is 2. The van der Waals surface area contributed by atoms with Crippen LogP contribution in [0, 0.1) is 11.3 Å². The van der Waals surface area contributed by atoms with E-state index in [2.05, 4.69) is 30.2 Å². The fraction of sp³-hybridized carbons (Fsp3) is 0.478. The molecule has 1 atom stereocenters. The number of nitrogens with one attached hydrogen (secondary N) is 1. The van der Waals surface area contributed by atoms with Crippen LogP contribution in [0.5, 0.6) is 5.75 Å². The Morgan fingerprint density at radius 2 is 2.19 bits per heavy atom. The third-order valence-corrected chi connectivity index (χ3v) is 6.40. The highest BCUT2D eigenvalue weighted by Gasteiger charge is 2.29. The Bertz CT molecular complexity index is 1010. The monoisotopic (exact) mass is 456 g/mol.